The third-order valence-electron chi connectivity index (χ3n) is 3.20. The van der Waals surface area contributed by atoms with Crippen molar-refractivity contribution in [3.8, 4) is 5.95 Å². The normalized spacial score (nSPS) is 11.9. The van der Waals surface area contributed by atoms with Crippen molar-refractivity contribution >= 4 is 17.5 Å². The van der Waals surface area contributed by atoms with Gasteiger partial charge in [0.2, 0.25) is 11.2 Å². The molecule has 2 aromatic rings. The first-order valence-corrected chi connectivity index (χ1v) is 6.59. The zero-order chi connectivity index (χ0) is 14.8. The Labute approximate surface area is 123 Å². The SMILES string of the molecule is CN(C)C(C)(C)CNc1nc(Cl)nc(-n2cccn2)n1. The predicted molar refractivity (Wildman–Crippen MR) is 78.2 cm³/mol. The Bertz CT molecular complexity index is 565. The van der Waals surface area contributed by atoms with Crippen LogP contribution in [-0.2, 0) is 0 Å². The first kappa shape index (κ1) is 14.7. The van der Waals surface area contributed by atoms with E-state index in [2.05, 4.69) is 44.1 Å². The van der Waals surface area contributed by atoms with Crippen molar-refractivity contribution in [2.24, 2.45) is 0 Å². The number of rotatable bonds is 5. The van der Waals surface area contributed by atoms with E-state index < -0.39 is 0 Å². The Morgan fingerprint density at radius 2 is 2.05 bits per heavy atom. The molecule has 0 aromatic carbocycles. The summed E-state index contributed by atoms with van der Waals surface area (Å²) in [6.45, 7) is 4.92. The number of hydrogen-bond acceptors (Lipinski definition) is 6. The van der Waals surface area contributed by atoms with E-state index in [0.29, 0.717) is 18.4 Å². The zero-order valence-electron chi connectivity index (χ0n) is 12.0. The molecule has 2 aromatic heterocycles. The van der Waals surface area contributed by atoms with Gasteiger partial charge in [-0.15, -0.1) is 0 Å². The van der Waals surface area contributed by atoms with Crippen LogP contribution in [0.1, 0.15) is 13.8 Å². The Morgan fingerprint density at radius 1 is 1.30 bits per heavy atom. The van der Waals surface area contributed by atoms with Gasteiger partial charge in [0.1, 0.15) is 0 Å². The summed E-state index contributed by atoms with van der Waals surface area (Å²) in [5, 5.41) is 7.39. The second-order valence-corrected chi connectivity index (χ2v) is 5.58. The highest BCUT2D eigenvalue weighted by molar-refractivity contribution is 6.28. The van der Waals surface area contributed by atoms with Crippen molar-refractivity contribution in [3.05, 3.63) is 23.7 Å². The standard InChI is InChI=1S/C12H18ClN7/c1-12(2,19(3)4)8-14-10-16-9(13)17-11(18-10)20-7-5-6-15-20/h5-7H,8H2,1-4H3,(H,14,16,17,18). The summed E-state index contributed by atoms with van der Waals surface area (Å²) in [5.41, 5.74) is -0.0367. The average Bonchev–Trinajstić information content (AvgIpc) is 2.89. The number of nitrogens with zero attached hydrogens (tertiary/aromatic N) is 6. The van der Waals surface area contributed by atoms with Crippen LogP contribution in [0.5, 0.6) is 0 Å². The maximum atomic E-state index is 5.93. The van der Waals surface area contributed by atoms with Gasteiger partial charge in [0, 0.05) is 24.5 Å². The molecule has 0 radical (unpaired) electrons. The van der Waals surface area contributed by atoms with Crippen LogP contribution >= 0.6 is 11.6 Å². The summed E-state index contributed by atoms with van der Waals surface area (Å²) in [6, 6.07) is 1.79. The van der Waals surface area contributed by atoms with Crippen LogP contribution in [0.2, 0.25) is 5.28 Å². The number of aromatic nitrogens is 5. The molecular formula is C12H18ClN7. The fourth-order valence-electron chi connectivity index (χ4n) is 1.36. The van der Waals surface area contributed by atoms with Gasteiger partial charge in [-0.05, 0) is 45.6 Å². The van der Waals surface area contributed by atoms with E-state index in [1.165, 1.54) is 4.68 Å². The van der Waals surface area contributed by atoms with Crippen LogP contribution in [0.4, 0.5) is 5.95 Å². The summed E-state index contributed by atoms with van der Waals surface area (Å²) < 4.78 is 1.54. The quantitative estimate of drug-likeness (QED) is 0.900. The van der Waals surface area contributed by atoms with Crippen LogP contribution in [0, 0.1) is 0 Å². The number of anilines is 1. The van der Waals surface area contributed by atoms with E-state index >= 15 is 0 Å². The van der Waals surface area contributed by atoms with Crippen molar-refractivity contribution in [1.82, 2.24) is 29.6 Å². The van der Waals surface area contributed by atoms with E-state index in [9.17, 15) is 0 Å². The smallest absolute Gasteiger partial charge is 0.256 e. The maximum Gasteiger partial charge on any atom is 0.256 e. The molecule has 2 rings (SSSR count). The van der Waals surface area contributed by atoms with Gasteiger partial charge in [-0.2, -0.15) is 20.1 Å². The summed E-state index contributed by atoms with van der Waals surface area (Å²) in [7, 11) is 4.05. The third-order valence-corrected chi connectivity index (χ3v) is 3.36. The monoisotopic (exact) mass is 295 g/mol. The van der Waals surface area contributed by atoms with Gasteiger partial charge in [-0.1, -0.05) is 0 Å². The first-order valence-electron chi connectivity index (χ1n) is 6.21. The molecular weight excluding hydrogens is 278 g/mol. The van der Waals surface area contributed by atoms with Gasteiger partial charge >= 0.3 is 0 Å². The second-order valence-electron chi connectivity index (χ2n) is 5.24. The van der Waals surface area contributed by atoms with Gasteiger partial charge in [0.25, 0.3) is 5.95 Å². The number of halogens is 1. The summed E-state index contributed by atoms with van der Waals surface area (Å²) in [5.74, 6) is 0.825. The molecule has 8 heteroatoms. The molecule has 0 bridgehead atoms. The predicted octanol–water partition coefficient (Wildman–Crippen LogP) is 1.46. The van der Waals surface area contributed by atoms with Crippen molar-refractivity contribution < 1.29 is 0 Å². The molecule has 7 nitrogen and oxygen atoms in total. The molecule has 0 saturated heterocycles. The van der Waals surface area contributed by atoms with E-state index in [4.69, 9.17) is 11.6 Å². The van der Waals surface area contributed by atoms with Crippen molar-refractivity contribution in [2.45, 2.75) is 19.4 Å². The lowest BCUT2D eigenvalue weighted by Gasteiger charge is -2.32. The molecule has 0 aliphatic heterocycles. The highest BCUT2D eigenvalue weighted by atomic mass is 35.5. The zero-order valence-corrected chi connectivity index (χ0v) is 12.8. The fraction of sp³-hybridized carbons (Fsp3) is 0.500. The fourth-order valence-corrected chi connectivity index (χ4v) is 1.52. The topological polar surface area (TPSA) is 71.8 Å². The number of nitrogens with one attached hydrogen (secondary N) is 1. The van der Waals surface area contributed by atoms with E-state index in [1.54, 1.807) is 18.5 Å². The number of hydrogen-bond donors (Lipinski definition) is 1. The highest BCUT2D eigenvalue weighted by Gasteiger charge is 2.20. The summed E-state index contributed by atoms with van der Waals surface area (Å²) in [6.07, 6.45) is 3.40. The van der Waals surface area contributed by atoms with Crippen LogP contribution in [0.15, 0.2) is 18.5 Å². The summed E-state index contributed by atoms with van der Waals surface area (Å²) >= 11 is 5.93. The number of likely N-dealkylation sites (N-methyl/N-ethyl adjacent to an activating group) is 1. The van der Waals surface area contributed by atoms with Gasteiger partial charge in [-0.25, -0.2) is 4.68 Å². The molecule has 0 unspecified atom stereocenters. The van der Waals surface area contributed by atoms with Crippen molar-refractivity contribution in [1.29, 1.82) is 0 Å². The van der Waals surface area contributed by atoms with Gasteiger partial charge < -0.3 is 10.2 Å². The molecule has 0 aliphatic rings. The summed E-state index contributed by atoms with van der Waals surface area (Å²) in [4.78, 5) is 14.6. The Hall–Kier alpha value is -1.73. The Balaban J connectivity index is 2.17. The largest absolute Gasteiger partial charge is 0.352 e. The Kier molecular flexibility index (Phi) is 4.20. The molecule has 0 aliphatic carbocycles. The molecule has 2 heterocycles. The molecule has 0 fully saturated rings. The lowest BCUT2D eigenvalue weighted by molar-refractivity contribution is 0.209. The minimum atomic E-state index is -0.0367. The molecule has 108 valence electrons. The Morgan fingerprint density at radius 3 is 2.65 bits per heavy atom. The maximum absolute atomic E-state index is 5.93. The van der Waals surface area contributed by atoms with E-state index in [-0.39, 0.29) is 10.8 Å². The molecule has 0 spiro atoms. The lowest BCUT2D eigenvalue weighted by Crippen LogP contribution is -2.44. The molecule has 0 amide bonds. The van der Waals surface area contributed by atoms with Crippen LogP contribution in [-0.4, -0.2) is 55.8 Å². The lowest BCUT2D eigenvalue weighted by atomic mass is 10.1. The van der Waals surface area contributed by atoms with Gasteiger partial charge in [-0.3, -0.25) is 0 Å². The van der Waals surface area contributed by atoms with Gasteiger partial charge in [0.05, 0.1) is 0 Å². The van der Waals surface area contributed by atoms with Crippen LogP contribution in [0.3, 0.4) is 0 Å². The van der Waals surface area contributed by atoms with Crippen molar-refractivity contribution in [2.75, 3.05) is 26.0 Å². The minimum Gasteiger partial charge on any atom is -0.352 e. The molecule has 0 atom stereocenters. The van der Waals surface area contributed by atoms with Crippen LogP contribution in [0.25, 0.3) is 5.95 Å². The average molecular weight is 296 g/mol. The van der Waals surface area contributed by atoms with Crippen molar-refractivity contribution in [3.63, 3.8) is 0 Å². The molecule has 0 saturated carbocycles. The van der Waals surface area contributed by atoms with E-state index in [1.807, 2.05) is 14.1 Å². The second kappa shape index (κ2) is 5.72. The molecule has 20 heavy (non-hydrogen) atoms. The minimum absolute atomic E-state index is 0.0367. The third kappa shape index (κ3) is 3.43. The first-order chi connectivity index (χ1) is 9.38. The molecule has 1 N–H and O–H groups in total. The van der Waals surface area contributed by atoms with E-state index in [0.717, 1.165) is 0 Å². The van der Waals surface area contributed by atoms with Crippen LogP contribution < -0.4 is 5.32 Å². The van der Waals surface area contributed by atoms with Gasteiger partial charge in [0.15, 0.2) is 0 Å². The highest BCUT2D eigenvalue weighted by Crippen LogP contribution is 2.13.